The van der Waals surface area contributed by atoms with E-state index >= 15 is 0 Å². The number of carboxylic acid groups (broad SMARTS) is 1. The van der Waals surface area contributed by atoms with E-state index in [2.05, 4.69) is 5.32 Å². The van der Waals surface area contributed by atoms with Crippen molar-refractivity contribution >= 4 is 11.9 Å². The monoisotopic (exact) mass is 312 g/mol. The smallest absolute Gasteiger partial charge is 0.406 e. The molecule has 2 atom stereocenters. The van der Waals surface area contributed by atoms with E-state index in [1.807, 2.05) is 0 Å². The third-order valence-corrected chi connectivity index (χ3v) is 3.78. The van der Waals surface area contributed by atoms with Crippen molar-refractivity contribution in [2.24, 2.45) is 5.41 Å². The molecule has 122 valence electrons. The molecule has 0 aromatic rings. The van der Waals surface area contributed by atoms with E-state index in [0.717, 1.165) is 0 Å². The van der Waals surface area contributed by atoms with Gasteiger partial charge in [-0.1, -0.05) is 0 Å². The van der Waals surface area contributed by atoms with Crippen LogP contribution in [-0.2, 0) is 14.3 Å². The van der Waals surface area contributed by atoms with Crippen LogP contribution in [0.15, 0.2) is 0 Å². The molecule has 21 heavy (non-hydrogen) atoms. The summed E-state index contributed by atoms with van der Waals surface area (Å²) in [5.74, 6) is -2.35. The molecule has 0 radical (unpaired) electrons. The lowest BCUT2D eigenvalue weighted by Gasteiger charge is -2.29. The van der Waals surface area contributed by atoms with Gasteiger partial charge >= 0.3 is 12.1 Å². The molecule has 1 fully saturated rings. The number of halogens is 3. The number of alkyl halides is 3. The topological polar surface area (TPSA) is 78.9 Å². The van der Waals surface area contributed by atoms with Crippen molar-refractivity contribution in [2.45, 2.75) is 25.6 Å². The van der Waals surface area contributed by atoms with Gasteiger partial charge in [0.2, 0.25) is 5.91 Å². The minimum atomic E-state index is -4.85. The van der Waals surface area contributed by atoms with Crippen LogP contribution in [0.1, 0.15) is 13.3 Å². The maximum atomic E-state index is 13.0. The normalized spacial score (nSPS) is 24.8. The Morgan fingerprint density at radius 1 is 1.48 bits per heavy atom. The third kappa shape index (κ3) is 3.65. The largest absolute Gasteiger partial charge is 0.481 e. The molecular formula is C12H19F3N2O4. The third-order valence-electron chi connectivity index (χ3n) is 3.78. The van der Waals surface area contributed by atoms with Crippen molar-refractivity contribution in [3.05, 3.63) is 0 Å². The van der Waals surface area contributed by atoms with Crippen molar-refractivity contribution in [2.75, 3.05) is 33.4 Å². The standard InChI is InChI=1S/C12H19F3N2O4/c1-8(9(18)16-4-6-21-2)17-5-3-11(7-17,10(19)20)12(13,14)15/h8H,3-7H2,1-2H3,(H,16,18)(H,19,20). The molecule has 0 aromatic heterocycles. The number of nitrogens with one attached hydrogen (secondary N) is 1. The number of hydrogen-bond acceptors (Lipinski definition) is 4. The zero-order valence-corrected chi connectivity index (χ0v) is 11.9. The second kappa shape index (κ2) is 6.61. The number of rotatable bonds is 6. The number of nitrogens with zero attached hydrogens (tertiary/aromatic N) is 1. The number of aliphatic carboxylic acids is 1. The molecule has 9 heteroatoms. The summed E-state index contributed by atoms with van der Waals surface area (Å²) in [5.41, 5.74) is -2.80. The second-order valence-electron chi connectivity index (χ2n) is 5.07. The fraction of sp³-hybridized carbons (Fsp3) is 0.833. The van der Waals surface area contributed by atoms with Gasteiger partial charge in [-0.25, -0.2) is 0 Å². The molecule has 0 spiro atoms. The van der Waals surface area contributed by atoms with Gasteiger partial charge in [0.1, 0.15) is 0 Å². The van der Waals surface area contributed by atoms with Gasteiger partial charge in [0.15, 0.2) is 5.41 Å². The van der Waals surface area contributed by atoms with Crippen molar-refractivity contribution in [3.63, 3.8) is 0 Å². The van der Waals surface area contributed by atoms with Crippen LogP contribution in [0.5, 0.6) is 0 Å². The van der Waals surface area contributed by atoms with E-state index < -0.39 is 42.5 Å². The van der Waals surface area contributed by atoms with Gasteiger partial charge in [-0.3, -0.25) is 14.5 Å². The first kappa shape index (κ1) is 17.7. The fourth-order valence-corrected chi connectivity index (χ4v) is 2.29. The summed E-state index contributed by atoms with van der Waals surface area (Å²) in [6.07, 6.45) is -5.40. The van der Waals surface area contributed by atoms with E-state index in [1.165, 1.54) is 18.9 Å². The summed E-state index contributed by atoms with van der Waals surface area (Å²) in [6.45, 7) is 1.18. The lowest BCUT2D eigenvalue weighted by atomic mass is 9.86. The molecule has 0 saturated carbocycles. The molecule has 2 unspecified atom stereocenters. The lowest BCUT2D eigenvalue weighted by molar-refractivity contribution is -0.227. The van der Waals surface area contributed by atoms with E-state index in [1.54, 1.807) is 0 Å². The zero-order chi connectivity index (χ0) is 16.3. The first-order chi connectivity index (χ1) is 9.65. The van der Waals surface area contributed by atoms with Crippen molar-refractivity contribution < 1.29 is 32.6 Å². The van der Waals surface area contributed by atoms with E-state index in [9.17, 15) is 22.8 Å². The average molecular weight is 312 g/mol. The number of ether oxygens (including phenoxy) is 1. The van der Waals surface area contributed by atoms with Gasteiger partial charge in [-0.05, 0) is 13.3 Å². The number of carbonyl (C=O) groups excluding carboxylic acids is 1. The Bertz CT molecular complexity index is 402. The second-order valence-corrected chi connectivity index (χ2v) is 5.07. The average Bonchev–Trinajstić information content (AvgIpc) is 2.83. The highest BCUT2D eigenvalue weighted by molar-refractivity contribution is 5.82. The highest BCUT2D eigenvalue weighted by atomic mass is 19.4. The summed E-state index contributed by atoms with van der Waals surface area (Å²) in [5, 5.41) is 11.5. The van der Waals surface area contributed by atoms with Crippen LogP contribution < -0.4 is 5.32 Å². The minimum absolute atomic E-state index is 0.0926. The van der Waals surface area contributed by atoms with Gasteiger partial charge in [0.25, 0.3) is 0 Å². The highest BCUT2D eigenvalue weighted by Gasteiger charge is 2.64. The fourth-order valence-electron chi connectivity index (χ4n) is 2.29. The van der Waals surface area contributed by atoms with Crippen molar-refractivity contribution in [1.82, 2.24) is 10.2 Å². The Hall–Kier alpha value is -1.35. The first-order valence-corrected chi connectivity index (χ1v) is 6.46. The predicted octanol–water partition coefficient (Wildman–Crippen LogP) is 0.476. The Labute approximate surface area is 120 Å². The summed E-state index contributed by atoms with van der Waals surface area (Å²) in [6, 6.07) is -0.828. The predicted molar refractivity (Wildman–Crippen MR) is 66.7 cm³/mol. The number of carboxylic acids is 1. The first-order valence-electron chi connectivity index (χ1n) is 6.46. The van der Waals surface area contributed by atoms with Gasteiger partial charge in [-0.15, -0.1) is 0 Å². The van der Waals surface area contributed by atoms with Crippen LogP contribution in [0.2, 0.25) is 0 Å². The number of hydrogen-bond donors (Lipinski definition) is 2. The Morgan fingerprint density at radius 3 is 2.52 bits per heavy atom. The van der Waals surface area contributed by atoms with Crippen molar-refractivity contribution in [1.29, 1.82) is 0 Å². The van der Waals surface area contributed by atoms with Gasteiger partial charge in [0, 0.05) is 26.7 Å². The number of amides is 1. The molecule has 0 aromatic carbocycles. The number of carbonyl (C=O) groups is 2. The molecular weight excluding hydrogens is 293 g/mol. The van der Waals surface area contributed by atoms with E-state index in [-0.39, 0.29) is 13.1 Å². The van der Waals surface area contributed by atoms with Gasteiger partial charge in [0.05, 0.1) is 12.6 Å². The lowest BCUT2D eigenvalue weighted by Crippen LogP contribution is -2.50. The molecule has 2 N–H and O–H groups in total. The van der Waals surface area contributed by atoms with Gasteiger partial charge in [-0.2, -0.15) is 13.2 Å². The van der Waals surface area contributed by atoms with Crippen LogP contribution in [0, 0.1) is 5.41 Å². The van der Waals surface area contributed by atoms with Crippen molar-refractivity contribution in [3.8, 4) is 0 Å². The minimum Gasteiger partial charge on any atom is -0.481 e. The SMILES string of the molecule is COCCNC(=O)C(C)N1CCC(C(=O)O)(C(F)(F)F)C1. The molecule has 1 heterocycles. The van der Waals surface area contributed by atoms with E-state index in [0.29, 0.717) is 6.61 Å². The summed E-state index contributed by atoms with van der Waals surface area (Å²) >= 11 is 0. The molecule has 6 nitrogen and oxygen atoms in total. The molecule has 1 aliphatic rings. The van der Waals surface area contributed by atoms with E-state index in [4.69, 9.17) is 9.84 Å². The maximum absolute atomic E-state index is 13.0. The maximum Gasteiger partial charge on any atom is 0.406 e. The van der Waals surface area contributed by atoms with Crippen LogP contribution in [-0.4, -0.2) is 67.5 Å². The highest BCUT2D eigenvalue weighted by Crippen LogP contribution is 2.46. The zero-order valence-electron chi connectivity index (χ0n) is 11.9. The van der Waals surface area contributed by atoms with Gasteiger partial charge < -0.3 is 15.2 Å². The van der Waals surface area contributed by atoms with Crippen LogP contribution in [0.25, 0.3) is 0 Å². The molecule has 0 bridgehead atoms. The number of methoxy groups -OCH3 is 1. The molecule has 1 saturated heterocycles. The molecule has 1 amide bonds. The van der Waals surface area contributed by atoms with Crippen LogP contribution >= 0.6 is 0 Å². The molecule has 1 rings (SSSR count). The Morgan fingerprint density at radius 2 is 2.10 bits per heavy atom. The summed E-state index contributed by atoms with van der Waals surface area (Å²) in [4.78, 5) is 24.1. The number of likely N-dealkylation sites (tertiary alicyclic amines) is 1. The van der Waals surface area contributed by atoms with Crippen LogP contribution in [0.3, 0.4) is 0 Å². The van der Waals surface area contributed by atoms with Crippen LogP contribution in [0.4, 0.5) is 13.2 Å². The quantitative estimate of drug-likeness (QED) is 0.697. The Kier molecular flexibility index (Phi) is 5.57. The molecule has 0 aliphatic carbocycles. The summed E-state index contributed by atoms with van der Waals surface area (Å²) < 4.78 is 43.8. The molecule has 1 aliphatic heterocycles. The Balaban J connectivity index is 2.72. The summed E-state index contributed by atoms with van der Waals surface area (Å²) in [7, 11) is 1.46.